The van der Waals surface area contributed by atoms with Gasteiger partial charge in [0.25, 0.3) is 0 Å². The predicted octanol–water partition coefficient (Wildman–Crippen LogP) is 2.01. The van der Waals surface area contributed by atoms with Crippen molar-refractivity contribution in [1.29, 1.82) is 0 Å². The Hall–Kier alpha value is -0.790. The van der Waals surface area contributed by atoms with Crippen LogP contribution in [0.4, 0.5) is 0 Å². The molecule has 2 aliphatic carbocycles. The molecule has 3 aliphatic rings. The topological polar surface area (TPSA) is 26.3 Å². The maximum atomic E-state index is 11.8. The highest BCUT2D eigenvalue weighted by molar-refractivity contribution is 5.76. The van der Waals surface area contributed by atoms with Crippen LogP contribution in [0.2, 0.25) is 0 Å². The zero-order valence-electron chi connectivity index (χ0n) is 8.69. The van der Waals surface area contributed by atoms with Gasteiger partial charge in [-0.1, -0.05) is 26.0 Å². The number of cyclic esters (lactones) is 1. The summed E-state index contributed by atoms with van der Waals surface area (Å²) in [4.78, 5) is 11.8. The highest BCUT2D eigenvalue weighted by Crippen LogP contribution is 2.60. The highest BCUT2D eigenvalue weighted by atomic mass is 16.5. The Bertz CT molecular complexity index is 316. The molecule has 4 atom stereocenters. The molecule has 0 unspecified atom stereocenters. The first-order valence-electron chi connectivity index (χ1n) is 5.45. The van der Waals surface area contributed by atoms with Crippen LogP contribution in [0.3, 0.4) is 0 Å². The van der Waals surface area contributed by atoms with Gasteiger partial charge in [-0.3, -0.25) is 4.79 Å². The summed E-state index contributed by atoms with van der Waals surface area (Å²) in [6.07, 6.45) is 5.62. The molecule has 1 saturated heterocycles. The lowest BCUT2D eigenvalue weighted by Crippen LogP contribution is -2.41. The number of carbonyl (C=O) groups excluding carboxylic acids is 1. The van der Waals surface area contributed by atoms with E-state index in [4.69, 9.17) is 4.74 Å². The number of hydrogen-bond acceptors (Lipinski definition) is 2. The molecule has 0 spiro atoms. The Morgan fingerprint density at radius 2 is 2.29 bits per heavy atom. The molecule has 0 radical (unpaired) electrons. The van der Waals surface area contributed by atoms with Crippen LogP contribution in [-0.2, 0) is 9.53 Å². The average molecular weight is 192 g/mol. The van der Waals surface area contributed by atoms with Crippen molar-refractivity contribution in [2.75, 3.05) is 6.61 Å². The van der Waals surface area contributed by atoms with Crippen molar-refractivity contribution in [2.45, 2.75) is 20.3 Å². The molecule has 1 saturated carbocycles. The monoisotopic (exact) mass is 192 g/mol. The summed E-state index contributed by atoms with van der Waals surface area (Å²) in [5.41, 5.74) is 0.148. The molecule has 0 aromatic heterocycles. The standard InChI is InChI=1S/C12H16O2/c1-12(2)9-6-14-11(13)10(12)8-5-3-4-7(8)9/h3-4,7-10H,5-6H2,1-2H3/t7-,8+,9+,10+/m1/s1. The van der Waals surface area contributed by atoms with E-state index in [1.54, 1.807) is 0 Å². The number of carbonyl (C=O) groups is 1. The molecule has 3 rings (SSSR count). The Kier molecular flexibility index (Phi) is 1.47. The van der Waals surface area contributed by atoms with E-state index in [1.807, 2.05) is 0 Å². The molecule has 2 bridgehead atoms. The van der Waals surface area contributed by atoms with Gasteiger partial charge in [0.1, 0.15) is 0 Å². The van der Waals surface area contributed by atoms with Gasteiger partial charge in [-0.15, -0.1) is 0 Å². The van der Waals surface area contributed by atoms with E-state index in [-0.39, 0.29) is 17.3 Å². The van der Waals surface area contributed by atoms with Gasteiger partial charge in [-0.05, 0) is 23.7 Å². The molecule has 0 aromatic rings. The van der Waals surface area contributed by atoms with Gasteiger partial charge in [-0.25, -0.2) is 0 Å². The molecule has 0 N–H and O–H groups in total. The SMILES string of the molecule is CC1(C)[C@@H]2C(=O)OC[C@H]1[C@@H]1C=CC[C@@H]12. The number of ether oxygens (including phenoxy) is 1. The molecule has 0 aromatic carbocycles. The van der Waals surface area contributed by atoms with Crippen molar-refractivity contribution in [3.63, 3.8) is 0 Å². The zero-order chi connectivity index (χ0) is 9.92. The minimum Gasteiger partial charge on any atom is -0.465 e. The van der Waals surface area contributed by atoms with Crippen molar-refractivity contribution < 1.29 is 9.53 Å². The van der Waals surface area contributed by atoms with Gasteiger partial charge in [0, 0.05) is 5.92 Å². The number of rotatable bonds is 0. The molecule has 14 heavy (non-hydrogen) atoms. The van der Waals surface area contributed by atoms with Crippen molar-refractivity contribution in [3.8, 4) is 0 Å². The second kappa shape index (κ2) is 2.41. The third-order valence-electron chi connectivity index (χ3n) is 4.57. The number of hydrogen-bond donors (Lipinski definition) is 0. The Morgan fingerprint density at radius 3 is 3.07 bits per heavy atom. The lowest BCUT2D eigenvalue weighted by atomic mass is 9.72. The normalized spacial score (nSPS) is 47.7. The third kappa shape index (κ3) is 0.800. The quantitative estimate of drug-likeness (QED) is 0.433. The number of allylic oxidation sites excluding steroid dienone is 2. The minimum atomic E-state index is 0.0439. The Morgan fingerprint density at radius 1 is 1.50 bits per heavy atom. The van der Waals surface area contributed by atoms with Gasteiger partial charge in [0.2, 0.25) is 0 Å². The maximum absolute atomic E-state index is 11.8. The summed E-state index contributed by atoms with van der Waals surface area (Å²) in [5.74, 6) is 1.86. The van der Waals surface area contributed by atoms with Crippen molar-refractivity contribution in [2.24, 2.45) is 29.1 Å². The highest BCUT2D eigenvalue weighted by Gasteiger charge is 2.61. The largest absolute Gasteiger partial charge is 0.465 e. The van der Waals surface area contributed by atoms with Crippen LogP contribution in [0.1, 0.15) is 20.3 Å². The van der Waals surface area contributed by atoms with Gasteiger partial charge in [0.15, 0.2) is 0 Å². The van der Waals surface area contributed by atoms with Crippen molar-refractivity contribution in [3.05, 3.63) is 12.2 Å². The molecular weight excluding hydrogens is 176 g/mol. The van der Waals surface area contributed by atoms with Crippen LogP contribution in [0.15, 0.2) is 12.2 Å². The molecule has 0 amide bonds. The van der Waals surface area contributed by atoms with Gasteiger partial charge < -0.3 is 4.74 Å². The average Bonchev–Trinajstić information content (AvgIpc) is 2.55. The smallest absolute Gasteiger partial charge is 0.309 e. The Labute approximate surface area is 84.3 Å². The van der Waals surface area contributed by atoms with E-state index in [0.717, 1.165) is 6.42 Å². The first-order valence-corrected chi connectivity index (χ1v) is 5.45. The van der Waals surface area contributed by atoms with E-state index in [2.05, 4.69) is 26.0 Å². The molecule has 2 nitrogen and oxygen atoms in total. The van der Waals surface area contributed by atoms with E-state index in [9.17, 15) is 4.79 Å². The van der Waals surface area contributed by atoms with Crippen LogP contribution < -0.4 is 0 Å². The fourth-order valence-corrected chi connectivity index (χ4v) is 3.83. The van der Waals surface area contributed by atoms with Gasteiger partial charge in [0.05, 0.1) is 12.5 Å². The second-order valence-corrected chi connectivity index (χ2v) is 5.44. The summed E-state index contributed by atoms with van der Waals surface area (Å²) in [6.45, 7) is 5.09. The van der Waals surface area contributed by atoms with Crippen molar-refractivity contribution in [1.82, 2.24) is 0 Å². The zero-order valence-corrected chi connectivity index (χ0v) is 8.69. The summed E-state index contributed by atoms with van der Waals surface area (Å²) in [7, 11) is 0. The van der Waals surface area contributed by atoms with Crippen LogP contribution in [-0.4, -0.2) is 12.6 Å². The van der Waals surface area contributed by atoms with E-state index >= 15 is 0 Å². The van der Waals surface area contributed by atoms with E-state index < -0.39 is 0 Å². The Balaban J connectivity index is 2.07. The first-order chi connectivity index (χ1) is 6.62. The summed E-state index contributed by atoms with van der Waals surface area (Å²) >= 11 is 0. The fourth-order valence-electron chi connectivity index (χ4n) is 3.83. The number of fused-ring (bicyclic) bond motifs is 5. The second-order valence-electron chi connectivity index (χ2n) is 5.44. The molecule has 1 heterocycles. The van der Waals surface area contributed by atoms with Crippen molar-refractivity contribution >= 4 is 5.97 Å². The van der Waals surface area contributed by atoms with Crippen LogP contribution in [0, 0.1) is 29.1 Å². The molecular formula is C12H16O2. The predicted molar refractivity (Wildman–Crippen MR) is 52.5 cm³/mol. The molecule has 2 fully saturated rings. The summed E-state index contributed by atoms with van der Waals surface area (Å²) in [5, 5.41) is 0. The lowest BCUT2D eigenvalue weighted by Gasteiger charge is -2.37. The number of esters is 1. The first kappa shape index (κ1) is 8.51. The molecule has 1 aliphatic heterocycles. The molecule has 76 valence electrons. The van der Waals surface area contributed by atoms with Crippen LogP contribution in [0.25, 0.3) is 0 Å². The molecule has 2 heteroatoms. The summed E-state index contributed by atoms with van der Waals surface area (Å²) < 4.78 is 5.26. The van der Waals surface area contributed by atoms with Crippen LogP contribution >= 0.6 is 0 Å². The van der Waals surface area contributed by atoms with Crippen LogP contribution in [0.5, 0.6) is 0 Å². The maximum Gasteiger partial charge on any atom is 0.309 e. The summed E-state index contributed by atoms with van der Waals surface area (Å²) in [6, 6.07) is 0. The van der Waals surface area contributed by atoms with Gasteiger partial charge in [-0.2, -0.15) is 0 Å². The lowest BCUT2D eigenvalue weighted by molar-refractivity contribution is -0.163. The van der Waals surface area contributed by atoms with Gasteiger partial charge >= 0.3 is 5.97 Å². The fraction of sp³-hybridized carbons (Fsp3) is 0.750. The third-order valence-corrected chi connectivity index (χ3v) is 4.57. The van der Waals surface area contributed by atoms with E-state index in [1.165, 1.54) is 0 Å². The van der Waals surface area contributed by atoms with E-state index in [0.29, 0.717) is 24.4 Å². The minimum absolute atomic E-state index is 0.0439.